The molecule has 1 saturated heterocycles. The Morgan fingerprint density at radius 2 is 1.79 bits per heavy atom. The highest BCUT2D eigenvalue weighted by Gasteiger charge is 2.23. The lowest BCUT2D eigenvalue weighted by molar-refractivity contribution is -0.133. The van der Waals surface area contributed by atoms with E-state index < -0.39 is 0 Å². The van der Waals surface area contributed by atoms with Gasteiger partial charge in [0, 0.05) is 30.4 Å². The smallest absolute Gasteiger partial charge is 0.255 e. The molecule has 3 rings (SSSR count). The van der Waals surface area contributed by atoms with Crippen LogP contribution in [0.25, 0.3) is 0 Å². The van der Waals surface area contributed by atoms with Crippen LogP contribution in [-0.2, 0) is 4.79 Å². The quantitative estimate of drug-likeness (QED) is 0.801. The molecule has 1 aliphatic heterocycles. The fraction of sp³-hybridized carbons (Fsp3) is 0.417. The third-order valence-electron chi connectivity index (χ3n) is 5.85. The van der Waals surface area contributed by atoms with E-state index in [0.29, 0.717) is 18.0 Å². The van der Waals surface area contributed by atoms with Crippen LogP contribution in [0.2, 0.25) is 0 Å². The van der Waals surface area contributed by atoms with E-state index in [1.807, 2.05) is 54.4 Å². The molecule has 5 nitrogen and oxygen atoms in total. The van der Waals surface area contributed by atoms with Crippen molar-refractivity contribution in [1.29, 1.82) is 0 Å². The second kappa shape index (κ2) is 9.70. The highest BCUT2D eigenvalue weighted by atomic mass is 16.2. The summed E-state index contributed by atoms with van der Waals surface area (Å²) >= 11 is 0. The molecule has 2 aromatic rings. The number of piperidine rings is 1. The largest absolute Gasteiger partial charge is 0.342 e. The van der Waals surface area contributed by atoms with Crippen molar-refractivity contribution in [2.45, 2.75) is 32.7 Å². The number of anilines is 1. The fourth-order valence-electron chi connectivity index (χ4n) is 3.63. The van der Waals surface area contributed by atoms with Crippen LogP contribution in [0, 0.1) is 5.92 Å². The molecule has 0 bridgehead atoms. The zero-order valence-electron chi connectivity index (χ0n) is 17.6. The van der Waals surface area contributed by atoms with Gasteiger partial charge in [-0.15, -0.1) is 0 Å². The summed E-state index contributed by atoms with van der Waals surface area (Å²) in [6.45, 7) is 6.46. The molecular weight excluding hydrogens is 362 g/mol. The number of likely N-dealkylation sites (N-methyl/N-ethyl adjacent to an activating group) is 1. The van der Waals surface area contributed by atoms with Gasteiger partial charge < -0.3 is 10.2 Å². The average Bonchev–Trinajstić information content (AvgIpc) is 2.74. The first-order valence-corrected chi connectivity index (χ1v) is 10.4. The van der Waals surface area contributed by atoms with Gasteiger partial charge in [-0.3, -0.25) is 14.5 Å². The van der Waals surface area contributed by atoms with Gasteiger partial charge in [0.1, 0.15) is 0 Å². The van der Waals surface area contributed by atoms with Crippen LogP contribution >= 0.6 is 0 Å². The molecular formula is C24H31N3O2. The number of nitrogens with zero attached hydrogens (tertiary/aromatic N) is 2. The SMILES string of the molecule is CC1CCN(C(=O)CN(C)C(C)c2cccc(NC(=O)c3ccccc3)c2)CC1. The molecule has 0 aromatic heterocycles. The fourth-order valence-corrected chi connectivity index (χ4v) is 3.63. The van der Waals surface area contributed by atoms with Crippen LogP contribution in [0.1, 0.15) is 48.7 Å². The third-order valence-corrected chi connectivity index (χ3v) is 5.85. The van der Waals surface area contributed by atoms with E-state index in [1.54, 1.807) is 12.1 Å². The van der Waals surface area contributed by atoms with Gasteiger partial charge in [0.2, 0.25) is 5.91 Å². The number of amides is 2. The summed E-state index contributed by atoms with van der Waals surface area (Å²) in [6, 6.07) is 17.1. The summed E-state index contributed by atoms with van der Waals surface area (Å²) in [5, 5.41) is 2.96. The minimum atomic E-state index is -0.127. The maximum Gasteiger partial charge on any atom is 0.255 e. The van der Waals surface area contributed by atoms with Crippen LogP contribution in [-0.4, -0.2) is 48.3 Å². The Bertz CT molecular complexity index is 829. The molecule has 1 N–H and O–H groups in total. The number of nitrogens with one attached hydrogen (secondary N) is 1. The molecule has 2 aromatic carbocycles. The first kappa shape index (κ1) is 21.1. The first-order chi connectivity index (χ1) is 13.9. The van der Waals surface area contributed by atoms with Crippen LogP contribution in [0.5, 0.6) is 0 Å². The summed E-state index contributed by atoms with van der Waals surface area (Å²) in [4.78, 5) is 29.1. The van der Waals surface area contributed by atoms with E-state index in [0.717, 1.165) is 37.2 Å². The lowest BCUT2D eigenvalue weighted by atomic mass is 9.99. The zero-order valence-corrected chi connectivity index (χ0v) is 17.6. The van der Waals surface area contributed by atoms with Crippen molar-refractivity contribution in [2.75, 3.05) is 32.0 Å². The summed E-state index contributed by atoms with van der Waals surface area (Å²) < 4.78 is 0. The third kappa shape index (κ3) is 5.67. The van der Waals surface area contributed by atoms with Crippen LogP contribution in [0.15, 0.2) is 54.6 Å². The van der Waals surface area contributed by atoms with Crippen LogP contribution in [0.4, 0.5) is 5.69 Å². The number of rotatable bonds is 6. The first-order valence-electron chi connectivity index (χ1n) is 10.4. The molecule has 5 heteroatoms. The minimum Gasteiger partial charge on any atom is -0.342 e. The molecule has 1 aliphatic rings. The number of hydrogen-bond donors (Lipinski definition) is 1. The number of carbonyl (C=O) groups excluding carboxylic acids is 2. The maximum atomic E-state index is 12.6. The van der Waals surface area contributed by atoms with E-state index in [9.17, 15) is 9.59 Å². The molecule has 1 unspecified atom stereocenters. The Kier molecular flexibility index (Phi) is 7.04. The summed E-state index contributed by atoms with van der Waals surface area (Å²) in [5.41, 5.74) is 2.45. The zero-order chi connectivity index (χ0) is 20.8. The van der Waals surface area contributed by atoms with Gasteiger partial charge in [0.15, 0.2) is 0 Å². The molecule has 0 spiro atoms. The van der Waals surface area contributed by atoms with Crippen molar-refractivity contribution in [3.63, 3.8) is 0 Å². The monoisotopic (exact) mass is 393 g/mol. The van der Waals surface area contributed by atoms with E-state index in [4.69, 9.17) is 0 Å². The standard InChI is InChI=1S/C24H31N3O2/c1-18-12-14-27(15-13-18)23(28)17-26(3)19(2)21-10-7-11-22(16-21)25-24(29)20-8-5-4-6-9-20/h4-11,16,18-19H,12-15,17H2,1-3H3,(H,25,29). The molecule has 1 atom stereocenters. The van der Waals surface area contributed by atoms with Crippen molar-refractivity contribution in [1.82, 2.24) is 9.80 Å². The minimum absolute atomic E-state index is 0.0660. The van der Waals surface area contributed by atoms with Gasteiger partial charge in [0.05, 0.1) is 6.54 Å². The Morgan fingerprint density at radius 3 is 2.48 bits per heavy atom. The summed E-state index contributed by atoms with van der Waals surface area (Å²) in [7, 11) is 1.98. The molecule has 154 valence electrons. The molecule has 1 fully saturated rings. The topological polar surface area (TPSA) is 52.7 Å². The molecule has 0 aliphatic carbocycles. The Hall–Kier alpha value is -2.66. The maximum absolute atomic E-state index is 12.6. The van der Waals surface area contributed by atoms with Gasteiger partial charge in [0.25, 0.3) is 5.91 Å². The molecule has 29 heavy (non-hydrogen) atoms. The van der Waals surface area contributed by atoms with Gasteiger partial charge in [-0.05, 0) is 62.6 Å². The van der Waals surface area contributed by atoms with E-state index in [-0.39, 0.29) is 17.9 Å². The predicted octanol–water partition coefficient (Wildman–Crippen LogP) is 4.19. The van der Waals surface area contributed by atoms with Crippen LogP contribution in [0.3, 0.4) is 0 Å². The second-order valence-corrected chi connectivity index (χ2v) is 8.10. The van der Waals surface area contributed by atoms with Crippen molar-refractivity contribution in [3.8, 4) is 0 Å². The van der Waals surface area contributed by atoms with E-state index in [2.05, 4.69) is 24.1 Å². The average molecular weight is 394 g/mol. The van der Waals surface area contributed by atoms with Crippen molar-refractivity contribution in [3.05, 3.63) is 65.7 Å². The highest BCUT2D eigenvalue weighted by molar-refractivity contribution is 6.04. The Balaban J connectivity index is 1.60. The van der Waals surface area contributed by atoms with Gasteiger partial charge in [-0.1, -0.05) is 37.3 Å². The van der Waals surface area contributed by atoms with Crippen LogP contribution < -0.4 is 5.32 Å². The van der Waals surface area contributed by atoms with Gasteiger partial charge >= 0.3 is 0 Å². The number of hydrogen-bond acceptors (Lipinski definition) is 3. The Labute approximate surface area is 173 Å². The molecule has 0 radical (unpaired) electrons. The molecule has 2 amide bonds. The lowest BCUT2D eigenvalue weighted by Gasteiger charge is -2.33. The van der Waals surface area contributed by atoms with Crippen molar-refractivity contribution < 1.29 is 9.59 Å². The molecule has 1 heterocycles. The number of carbonyl (C=O) groups is 2. The highest BCUT2D eigenvalue weighted by Crippen LogP contribution is 2.23. The summed E-state index contributed by atoms with van der Waals surface area (Å²) in [6.07, 6.45) is 2.18. The van der Waals surface area contributed by atoms with Crippen molar-refractivity contribution >= 4 is 17.5 Å². The van der Waals surface area contributed by atoms with Crippen molar-refractivity contribution in [2.24, 2.45) is 5.92 Å². The lowest BCUT2D eigenvalue weighted by Crippen LogP contribution is -2.43. The molecule has 0 saturated carbocycles. The number of likely N-dealkylation sites (tertiary alicyclic amines) is 1. The Morgan fingerprint density at radius 1 is 1.10 bits per heavy atom. The number of benzene rings is 2. The van der Waals surface area contributed by atoms with E-state index >= 15 is 0 Å². The summed E-state index contributed by atoms with van der Waals surface area (Å²) in [5.74, 6) is 0.780. The van der Waals surface area contributed by atoms with E-state index in [1.165, 1.54) is 0 Å². The predicted molar refractivity (Wildman–Crippen MR) is 117 cm³/mol. The van der Waals surface area contributed by atoms with Gasteiger partial charge in [-0.25, -0.2) is 0 Å². The second-order valence-electron chi connectivity index (χ2n) is 8.10. The van der Waals surface area contributed by atoms with Gasteiger partial charge in [-0.2, -0.15) is 0 Å². The normalized spacial score (nSPS) is 15.9.